The van der Waals surface area contributed by atoms with Gasteiger partial charge in [-0.3, -0.25) is 9.69 Å². The van der Waals surface area contributed by atoms with Crippen molar-refractivity contribution in [3.63, 3.8) is 0 Å². The number of nitriles is 1. The number of oxazole rings is 1. The molecule has 12 heteroatoms. The summed E-state index contributed by atoms with van der Waals surface area (Å²) in [6.45, 7) is 2.41. The van der Waals surface area contributed by atoms with Gasteiger partial charge in [-0.25, -0.2) is 14.6 Å². The molecule has 4 rings (SSSR count). The first-order chi connectivity index (χ1) is 18.5. The summed E-state index contributed by atoms with van der Waals surface area (Å²) in [4.78, 5) is 45.1. The molecule has 0 saturated heterocycles. The van der Waals surface area contributed by atoms with E-state index in [0.717, 1.165) is 30.4 Å². The minimum Gasteiger partial charge on any atom is -0.464 e. The Balaban J connectivity index is 1.90. The van der Waals surface area contributed by atoms with E-state index in [9.17, 15) is 32.8 Å². The molecule has 9 nitrogen and oxygen atoms in total. The van der Waals surface area contributed by atoms with Crippen molar-refractivity contribution >= 4 is 23.5 Å². The van der Waals surface area contributed by atoms with Crippen molar-refractivity contribution in [2.24, 2.45) is 0 Å². The third kappa shape index (κ3) is 5.24. The second-order valence-electron chi connectivity index (χ2n) is 8.60. The molecular formula is C27H21F3N4O5. The van der Waals surface area contributed by atoms with Crippen molar-refractivity contribution in [1.29, 1.82) is 5.26 Å². The Hall–Kier alpha value is -4.92. The molecule has 1 aliphatic heterocycles. The van der Waals surface area contributed by atoms with Crippen LogP contribution in [-0.2, 0) is 22.3 Å². The van der Waals surface area contributed by atoms with Crippen LogP contribution in [0.1, 0.15) is 53.0 Å². The van der Waals surface area contributed by atoms with Crippen LogP contribution in [0.2, 0.25) is 0 Å². The van der Waals surface area contributed by atoms with Gasteiger partial charge in [0.1, 0.15) is 6.26 Å². The standard InChI is InChI=1S/C27H21F3N4O5/c1-15-23(16(2)35)24(18-9-7-17(12-31)8-10-18)33(13-22-32-21(14-39-22)25(36)38-3)26(37)34(15)20-6-4-5-19(11-20)27(28,29)30/h4-11,14,24H,13H2,1-3H3. The summed E-state index contributed by atoms with van der Waals surface area (Å²) in [5, 5.41) is 9.19. The highest BCUT2D eigenvalue weighted by Crippen LogP contribution is 2.41. The van der Waals surface area contributed by atoms with E-state index in [1.54, 1.807) is 12.1 Å². The number of benzene rings is 2. The summed E-state index contributed by atoms with van der Waals surface area (Å²) in [7, 11) is 1.16. The Morgan fingerprint density at radius 2 is 1.87 bits per heavy atom. The van der Waals surface area contributed by atoms with Crippen LogP contribution in [0, 0.1) is 11.3 Å². The topological polar surface area (TPSA) is 117 Å². The Kier molecular flexibility index (Phi) is 7.27. The van der Waals surface area contributed by atoms with Gasteiger partial charge < -0.3 is 14.1 Å². The molecule has 1 aromatic heterocycles. The lowest BCUT2D eigenvalue weighted by Gasteiger charge is -2.42. The number of nitrogens with zero attached hydrogens (tertiary/aromatic N) is 4. The van der Waals surface area contributed by atoms with Gasteiger partial charge in [0.15, 0.2) is 11.5 Å². The number of carbonyl (C=O) groups excluding carboxylic acids is 3. The summed E-state index contributed by atoms with van der Waals surface area (Å²) >= 11 is 0. The SMILES string of the molecule is COC(=O)c1coc(CN2C(=O)N(c3cccc(C(F)(F)F)c3)C(C)=C(C(C)=O)C2c2ccc(C#N)cc2)n1. The Bertz CT molecular complexity index is 1520. The first-order valence-electron chi connectivity index (χ1n) is 11.5. The van der Waals surface area contributed by atoms with Crippen LogP contribution in [0.25, 0.3) is 0 Å². The molecular weight excluding hydrogens is 517 g/mol. The van der Waals surface area contributed by atoms with Crippen LogP contribution in [0.5, 0.6) is 0 Å². The van der Waals surface area contributed by atoms with E-state index in [0.29, 0.717) is 11.1 Å². The first-order valence-corrected chi connectivity index (χ1v) is 11.5. The maximum atomic E-state index is 14.0. The van der Waals surface area contributed by atoms with E-state index < -0.39 is 35.6 Å². The number of hydrogen-bond donors (Lipinski definition) is 0. The van der Waals surface area contributed by atoms with Gasteiger partial charge in [0.25, 0.3) is 0 Å². The summed E-state index contributed by atoms with van der Waals surface area (Å²) in [6, 6.07) is 10.6. The third-order valence-corrected chi connectivity index (χ3v) is 6.17. The number of anilines is 1. The molecule has 2 amide bonds. The molecule has 1 aliphatic rings. The van der Waals surface area contributed by atoms with Gasteiger partial charge in [0.2, 0.25) is 5.89 Å². The molecule has 0 N–H and O–H groups in total. The Morgan fingerprint density at radius 1 is 1.18 bits per heavy atom. The number of esters is 1. The number of urea groups is 1. The lowest BCUT2D eigenvalue weighted by Crippen LogP contribution is -2.50. The lowest BCUT2D eigenvalue weighted by atomic mass is 9.90. The molecule has 1 unspecified atom stereocenters. The Morgan fingerprint density at radius 3 is 2.46 bits per heavy atom. The number of amides is 2. The van der Waals surface area contributed by atoms with Crippen LogP contribution in [-0.4, -0.2) is 34.8 Å². The molecule has 0 bridgehead atoms. The number of allylic oxidation sites excluding steroid dienone is 1. The molecule has 2 aromatic carbocycles. The quantitative estimate of drug-likeness (QED) is 0.386. The normalized spacial score (nSPS) is 15.8. The zero-order valence-corrected chi connectivity index (χ0v) is 20.9. The van der Waals surface area contributed by atoms with Gasteiger partial charge in [-0.2, -0.15) is 18.4 Å². The molecule has 0 saturated carbocycles. The zero-order chi connectivity index (χ0) is 28.5. The predicted molar refractivity (Wildman–Crippen MR) is 130 cm³/mol. The van der Waals surface area contributed by atoms with Crippen LogP contribution >= 0.6 is 0 Å². The number of ether oxygens (including phenoxy) is 1. The summed E-state index contributed by atoms with van der Waals surface area (Å²) in [5.41, 5.74) is -0.135. The van der Waals surface area contributed by atoms with Gasteiger partial charge in [-0.15, -0.1) is 0 Å². The van der Waals surface area contributed by atoms with E-state index in [-0.39, 0.29) is 35.1 Å². The number of hydrogen-bond acceptors (Lipinski definition) is 7. The smallest absolute Gasteiger partial charge is 0.416 e. The fraction of sp³-hybridized carbons (Fsp3) is 0.222. The van der Waals surface area contributed by atoms with Crippen molar-refractivity contribution in [1.82, 2.24) is 9.88 Å². The number of aromatic nitrogens is 1. The van der Waals surface area contributed by atoms with Crippen LogP contribution in [0.15, 0.2) is 70.5 Å². The van der Waals surface area contributed by atoms with Gasteiger partial charge in [-0.05, 0) is 49.7 Å². The lowest BCUT2D eigenvalue weighted by molar-refractivity contribution is -0.137. The monoisotopic (exact) mass is 538 g/mol. The average molecular weight is 538 g/mol. The fourth-order valence-corrected chi connectivity index (χ4v) is 4.40. The number of alkyl halides is 3. The van der Waals surface area contributed by atoms with Crippen LogP contribution < -0.4 is 4.90 Å². The van der Waals surface area contributed by atoms with Crippen LogP contribution in [0.3, 0.4) is 0 Å². The van der Waals surface area contributed by atoms with Crippen molar-refractivity contribution in [3.8, 4) is 6.07 Å². The molecule has 2 heterocycles. The van der Waals surface area contributed by atoms with Gasteiger partial charge in [0, 0.05) is 11.3 Å². The van der Waals surface area contributed by atoms with E-state index in [1.165, 1.54) is 43.0 Å². The van der Waals surface area contributed by atoms with E-state index in [2.05, 4.69) is 9.72 Å². The second kappa shape index (κ2) is 10.4. The van der Waals surface area contributed by atoms with Gasteiger partial charge >= 0.3 is 18.2 Å². The van der Waals surface area contributed by atoms with Crippen LogP contribution in [0.4, 0.5) is 23.7 Å². The molecule has 0 radical (unpaired) electrons. The molecule has 0 spiro atoms. The number of methoxy groups -OCH3 is 1. The number of carbonyl (C=O) groups is 3. The number of ketones is 1. The highest BCUT2D eigenvalue weighted by atomic mass is 19.4. The van der Waals surface area contributed by atoms with E-state index >= 15 is 0 Å². The summed E-state index contributed by atoms with van der Waals surface area (Å²) in [6.07, 6.45) is -3.62. The van der Waals surface area contributed by atoms with E-state index in [1.807, 2.05) is 6.07 Å². The van der Waals surface area contributed by atoms with Crippen molar-refractivity contribution in [2.75, 3.05) is 12.0 Å². The summed E-state index contributed by atoms with van der Waals surface area (Å²) < 4.78 is 50.4. The highest BCUT2D eigenvalue weighted by Gasteiger charge is 2.42. The van der Waals surface area contributed by atoms with Gasteiger partial charge in [-0.1, -0.05) is 18.2 Å². The Labute approximate surface area is 220 Å². The zero-order valence-electron chi connectivity index (χ0n) is 20.9. The van der Waals surface area contributed by atoms with Crippen molar-refractivity contribution < 1.29 is 36.7 Å². The fourth-order valence-electron chi connectivity index (χ4n) is 4.40. The molecule has 1 atom stereocenters. The van der Waals surface area contributed by atoms with E-state index in [4.69, 9.17) is 4.42 Å². The average Bonchev–Trinajstić information content (AvgIpc) is 3.38. The molecule has 200 valence electrons. The maximum absolute atomic E-state index is 14.0. The van der Waals surface area contributed by atoms with Crippen molar-refractivity contribution in [3.05, 3.63) is 94.3 Å². The maximum Gasteiger partial charge on any atom is 0.416 e. The third-order valence-electron chi connectivity index (χ3n) is 6.17. The molecule has 39 heavy (non-hydrogen) atoms. The highest BCUT2D eigenvalue weighted by molar-refractivity contribution is 6.04. The minimum absolute atomic E-state index is 0.0751. The second-order valence-corrected chi connectivity index (χ2v) is 8.60. The largest absolute Gasteiger partial charge is 0.464 e. The summed E-state index contributed by atoms with van der Waals surface area (Å²) in [5.74, 6) is -1.28. The molecule has 0 fully saturated rings. The first kappa shape index (κ1) is 27.1. The molecule has 3 aromatic rings. The number of rotatable bonds is 6. The van der Waals surface area contributed by atoms with Crippen molar-refractivity contribution in [2.45, 2.75) is 32.6 Å². The number of Topliss-reactive ketones (excluding diaryl/α,β-unsaturated/α-hetero) is 1. The van der Waals surface area contributed by atoms with Gasteiger partial charge in [0.05, 0.1) is 42.6 Å². The number of halogens is 3. The molecule has 0 aliphatic carbocycles. The minimum atomic E-state index is -4.66. The predicted octanol–water partition coefficient (Wildman–Crippen LogP) is 5.40.